The van der Waals surface area contributed by atoms with Crippen molar-refractivity contribution in [1.29, 1.82) is 0 Å². The van der Waals surface area contributed by atoms with Gasteiger partial charge in [-0.25, -0.2) is 28.7 Å². The second kappa shape index (κ2) is 15.2. The van der Waals surface area contributed by atoms with Crippen molar-refractivity contribution in [1.82, 2.24) is 59.7 Å². The van der Waals surface area contributed by atoms with Gasteiger partial charge >= 0.3 is 0 Å². The number of hydrogen-bond acceptors (Lipinski definition) is 10. The standard InChI is InChI=1S/2C20H21N7O2/c2*1-25-17-9-11-21-26(17)12-10-14(20(25)29)22-19(28)18-23-16-8-7-15(27(16)24-18)13-5-3-2-4-6-13/h2*2-6,9,11,14-15H,7-8,10,12H2,1H3,(H,22,28)/t14-,15+;14-,15-/m00/s1. The van der Waals surface area contributed by atoms with Crippen LogP contribution in [0.5, 0.6) is 0 Å². The minimum Gasteiger partial charge on any atom is -0.337 e. The number of nitrogens with zero attached hydrogens (tertiary/aromatic N) is 12. The fraction of sp³-hybridized carbons (Fsp3) is 0.350. The molecular formula is C40H42N14O4. The van der Waals surface area contributed by atoms with Crippen LogP contribution in [0.25, 0.3) is 0 Å². The molecular weight excluding hydrogens is 741 g/mol. The largest absolute Gasteiger partial charge is 0.337 e. The molecule has 0 bridgehead atoms. The monoisotopic (exact) mass is 782 g/mol. The smallest absolute Gasteiger partial charge is 0.291 e. The Hall–Kier alpha value is -6.98. The van der Waals surface area contributed by atoms with Crippen LogP contribution >= 0.6 is 0 Å². The highest BCUT2D eigenvalue weighted by Crippen LogP contribution is 2.31. The predicted molar refractivity (Wildman–Crippen MR) is 209 cm³/mol. The first-order valence-corrected chi connectivity index (χ1v) is 19.4. The number of aryl methyl sites for hydroxylation is 4. The van der Waals surface area contributed by atoms with Gasteiger partial charge < -0.3 is 10.6 Å². The normalized spacial score (nSPS) is 20.9. The molecule has 0 saturated carbocycles. The average Bonchev–Trinajstić information content (AvgIpc) is 4.10. The minimum atomic E-state index is -0.641. The molecule has 4 aliphatic rings. The molecule has 0 aliphatic carbocycles. The minimum absolute atomic E-state index is 0.0860. The van der Waals surface area contributed by atoms with Crippen LogP contribution in [0.1, 0.15) is 81.8 Å². The molecule has 4 aliphatic heterocycles. The summed E-state index contributed by atoms with van der Waals surface area (Å²) < 4.78 is 7.19. The molecule has 0 saturated heterocycles. The summed E-state index contributed by atoms with van der Waals surface area (Å²) in [5.74, 6) is 2.05. The van der Waals surface area contributed by atoms with E-state index in [0.29, 0.717) is 25.9 Å². The maximum atomic E-state index is 12.8. The number of amides is 4. The van der Waals surface area contributed by atoms with Crippen molar-refractivity contribution in [2.24, 2.45) is 0 Å². The van der Waals surface area contributed by atoms with Crippen LogP contribution in [0.2, 0.25) is 0 Å². The van der Waals surface area contributed by atoms with Gasteiger partial charge in [-0.3, -0.25) is 29.0 Å². The number of benzene rings is 2. The number of carbonyl (C=O) groups is 4. The Morgan fingerprint density at radius 3 is 1.41 bits per heavy atom. The lowest BCUT2D eigenvalue weighted by Gasteiger charge is -2.19. The third-order valence-corrected chi connectivity index (χ3v) is 11.3. The summed E-state index contributed by atoms with van der Waals surface area (Å²) in [4.78, 5) is 63.0. The lowest BCUT2D eigenvalue weighted by atomic mass is 10.1. The molecule has 4 amide bonds. The molecule has 2 N–H and O–H groups in total. The van der Waals surface area contributed by atoms with E-state index in [1.54, 1.807) is 48.0 Å². The third kappa shape index (κ3) is 6.79. The van der Waals surface area contributed by atoms with E-state index in [-0.39, 0.29) is 35.5 Å². The number of aromatic nitrogens is 10. The fourth-order valence-electron chi connectivity index (χ4n) is 8.21. The number of hydrogen-bond donors (Lipinski definition) is 2. The van der Waals surface area contributed by atoms with Crippen LogP contribution < -0.4 is 20.4 Å². The highest BCUT2D eigenvalue weighted by atomic mass is 16.2. The van der Waals surface area contributed by atoms with E-state index in [0.717, 1.165) is 60.1 Å². The van der Waals surface area contributed by atoms with Crippen LogP contribution in [0.15, 0.2) is 85.2 Å². The zero-order valence-electron chi connectivity index (χ0n) is 32.0. The van der Waals surface area contributed by atoms with Crippen molar-refractivity contribution in [2.75, 3.05) is 23.9 Å². The van der Waals surface area contributed by atoms with E-state index in [2.05, 4.69) is 65.3 Å². The van der Waals surface area contributed by atoms with Crippen LogP contribution in [0.3, 0.4) is 0 Å². The molecule has 4 aromatic heterocycles. The number of carbonyl (C=O) groups excluding carboxylic acids is 4. The molecule has 0 radical (unpaired) electrons. The Balaban J connectivity index is 0.000000150. The van der Waals surface area contributed by atoms with E-state index in [9.17, 15) is 19.2 Å². The summed E-state index contributed by atoms with van der Waals surface area (Å²) >= 11 is 0. The van der Waals surface area contributed by atoms with Gasteiger partial charge in [-0.2, -0.15) is 10.2 Å². The zero-order chi connectivity index (χ0) is 39.9. The first-order valence-electron chi connectivity index (χ1n) is 19.4. The van der Waals surface area contributed by atoms with Gasteiger partial charge in [0.25, 0.3) is 23.6 Å². The molecule has 0 fully saturated rings. The molecule has 10 rings (SSSR count). The summed E-state index contributed by atoms with van der Waals surface area (Å²) in [6.45, 7) is 1.10. The molecule has 296 valence electrons. The molecule has 8 heterocycles. The van der Waals surface area contributed by atoms with Crippen LogP contribution in [0.4, 0.5) is 11.6 Å². The highest BCUT2D eigenvalue weighted by molar-refractivity contribution is 6.01. The molecule has 0 spiro atoms. The van der Waals surface area contributed by atoms with E-state index in [4.69, 9.17) is 0 Å². The maximum absolute atomic E-state index is 12.8. The van der Waals surface area contributed by atoms with Crippen molar-refractivity contribution in [3.63, 3.8) is 0 Å². The van der Waals surface area contributed by atoms with E-state index in [1.807, 2.05) is 45.8 Å². The van der Waals surface area contributed by atoms with Gasteiger partial charge in [-0.1, -0.05) is 60.7 Å². The molecule has 4 atom stereocenters. The van der Waals surface area contributed by atoms with Crippen molar-refractivity contribution >= 4 is 35.3 Å². The summed E-state index contributed by atoms with van der Waals surface area (Å²) in [5, 5.41) is 23.0. The molecule has 58 heavy (non-hydrogen) atoms. The van der Waals surface area contributed by atoms with E-state index < -0.39 is 23.9 Å². The first-order chi connectivity index (χ1) is 28.2. The number of nitrogens with one attached hydrogen (secondary N) is 2. The zero-order valence-corrected chi connectivity index (χ0v) is 32.0. The number of fused-ring (bicyclic) bond motifs is 4. The number of rotatable bonds is 6. The third-order valence-electron chi connectivity index (χ3n) is 11.3. The molecule has 18 heteroatoms. The fourth-order valence-corrected chi connectivity index (χ4v) is 8.21. The maximum Gasteiger partial charge on any atom is 0.291 e. The average molecular weight is 783 g/mol. The molecule has 2 aromatic carbocycles. The van der Waals surface area contributed by atoms with E-state index in [1.165, 1.54) is 9.80 Å². The first kappa shape index (κ1) is 36.6. The second-order valence-corrected chi connectivity index (χ2v) is 14.8. The number of anilines is 2. The summed E-state index contributed by atoms with van der Waals surface area (Å²) in [7, 11) is 3.38. The Bertz CT molecular complexity index is 2320. The number of likely N-dealkylation sites (N-methyl/N-ethyl adjacent to an activating group) is 2. The lowest BCUT2D eigenvalue weighted by Crippen LogP contribution is -2.47. The second-order valence-electron chi connectivity index (χ2n) is 14.8. The van der Waals surface area contributed by atoms with Crippen molar-refractivity contribution < 1.29 is 19.2 Å². The Kier molecular flexibility index (Phi) is 9.58. The summed E-state index contributed by atoms with van der Waals surface area (Å²) in [6.07, 6.45) is 7.62. The van der Waals surface area contributed by atoms with Gasteiger partial charge in [-0.15, -0.1) is 10.2 Å². The van der Waals surface area contributed by atoms with Gasteiger partial charge in [0, 0.05) is 52.2 Å². The summed E-state index contributed by atoms with van der Waals surface area (Å²) in [6, 6.07) is 22.6. The Morgan fingerprint density at radius 2 is 1.00 bits per heavy atom. The van der Waals surface area contributed by atoms with Crippen LogP contribution in [-0.2, 0) is 35.5 Å². The molecule has 0 unspecified atom stereocenters. The van der Waals surface area contributed by atoms with Gasteiger partial charge in [0.1, 0.15) is 35.4 Å². The molecule has 6 aromatic rings. The Labute approximate surface area is 332 Å². The molecule has 18 nitrogen and oxygen atoms in total. The quantitative estimate of drug-likeness (QED) is 0.253. The van der Waals surface area contributed by atoms with Crippen molar-refractivity contribution in [3.8, 4) is 0 Å². The van der Waals surface area contributed by atoms with E-state index >= 15 is 0 Å². The lowest BCUT2D eigenvalue weighted by molar-refractivity contribution is -0.120. The van der Waals surface area contributed by atoms with Crippen molar-refractivity contribution in [2.45, 2.75) is 75.8 Å². The van der Waals surface area contributed by atoms with Crippen LogP contribution in [0, 0.1) is 0 Å². The SMILES string of the molecule is CN1C(=O)[C@@H](NC(=O)c2nc3n(n2)[C@@H](c2ccccc2)CC3)CCn2nccc21.CN1C(=O)[C@@H](NC(=O)c2nc3n(n2)[C@H](c2ccccc2)CC3)CCn2nccc21. The highest BCUT2D eigenvalue weighted by Gasteiger charge is 2.35. The van der Waals surface area contributed by atoms with Crippen LogP contribution in [-0.4, -0.2) is 98.9 Å². The van der Waals surface area contributed by atoms with Gasteiger partial charge in [0.2, 0.25) is 11.6 Å². The van der Waals surface area contributed by atoms with Gasteiger partial charge in [0.05, 0.1) is 24.5 Å². The van der Waals surface area contributed by atoms with Crippen molar-refractivity contribution in [3.05, 3.63) is 120 Å². The van der Waals surface area contributed by atoms with Gasteiger partial charge in [0.15, 0.2) is 0 Å². The predicted octanol–water partition coefficient (Wildman–Crippen LogP) is 2.35. The summed E-state index contributed by atoms with van der Waals surface area (Å²) in [5.41, 5.74) is 2.30. The Morgan fingerprint density at radius 1 is 0.586 bits per heavy atom. The van der Waals surface area contributed by atoms with Gasteiger partial charge in [-0.05, 0) is 36.8 Å². The topological polar surface area (TPSA) is 196 Å².